The van der Waals surface area contributed by atoms with Crippen LogP contribution in [0.25, 0.3) is 98.0 Å². The number of hydrogen-bond donors (Lipinski definition) is 0. The number of nitrogens with zero attached hydrogens (tertiary/aromatic N) is 6. The summed E-state index contributed by atoms with van der Waals surface area (Å²) >= 11 is 1.62. The van der Waals surface area contributed by atoms with Crippen LogP contribution in [0.5, 0.6) is 0 Å². The molecule has 0 spiro atoms. The lowest BCUT2D eigenvalue weighted by molar-refractivity contribution is 1.16. The quantitative estimate of drug-likeness (QED) is 0.184. The first-order valence-corrected chi connectivity index (χ1v) is 17.9. The van der Waals surface area contributed by atoms with Gasteiger partial charge in [0.25, 0.3) is 0 Å². The Kier molecular flexibility index (Phi) is 5.29. The van der Waals surface area contributed by atoms with Gasteiger partial charge in [0.15, 0.2) is 9.92 Å². The highest BCUT2D eigenvalue weighted by atomic mass is 32.1. The van der Waals surface area contributed by atoms with Gasteiger partial charge in [0, 0.05) is 32.9 Å². The average molecular weight is 671 g/mol. The summed E-state index contributed by atoms with van der Waals surface area (Å²) in [6.45, 7) is 0. The van der Waals surface area contributed by atoms with E-state index in [4.69, 9.17) is 9.97 Å². The van der Waals surface area contributed by atoms with Crippen LogP contribution in [0.1, 0.15) is 0 Å². The third kappa shape index (κ3) is 3.65. The Morgan fingerprint density at radius 3 is 1.31 bits per heavy atom. The normalized spacial score (nSPS) is 12.3. The highest BCUT2D eigenvalue weighted by molar-refractivity contribution is 7.21. The summed E-state index contributed by atoms with van der Waals surface area (Å²) < 4.78 is 9.39. The van der Waals surface area contributed by atoms with Crippen molar-refractivity contribution in [1.82, 2.24) is 27.9 Å². The van der Waals surface area contributed by atoms with E-state index in [-0.39, 0.29) is 0 Å². The Labute approximate surface area is 293 Å². The molecule has 0 amide bonds. The maximum Gasteiger partial charge on any atom is 0.198 e. The van der Waals surface area contributed by atoms with Crippen molar-refractivity contribution in [3.05, 3.63) is 158 Å². The second kappa shape index (κ2) is 9.94. The van der Waals surface area contributed by atoms with Crippen LogP contribution in [-0.4, -0.2) is 27.9 Å². The number of imidazole rings is 2. The molecule has 238 valence electrons. The molecular formula is C44H26N6S. The predicted octanol–water partition coefficient (Wildman–Crippen LogP) is 11.3. The Bertz CT molecular complexity index is 3390. The molecule has 0 aliphatic heterocycles. The molecule has 5 aromatic heterocycles. The molecule has 5 heterocycles. The molecule has 12 rings (SSSR count). The molecule has 0 fully saturated rings. The van der Waals surface area contributed by atoms with Crippen LogP contribution < -0.4 is 0 Å². The third-order valence-corrected chi connectivity index (χ3v) is 11.3. The van der Waals surface area contributed by atoms with Gasteiger partial charge in [0.1, 0.15) is 0 Å². The van der Waals surface area contributed by atoms with Crippen molar-refractivity contribution >= 4 is 98.0 Å². The van der Waals surface area contributed by atoms with Crippen molar-refractivity contribution in [1.29, 1.82) is 0 Å². The molecule has 0 saturated carbocycles. The van der Waals surface area contributed by atoms with Crippen LogP contribution in [0.2, 0.25) is 0 Å². The van der Waals surface area contributed by atoms with Gasteiger partial charge in [-0.15, -0.1) is 0 Å². The molecule has 0 saturated heterocycles. The molecule has 0 bridgehead atoms. The molecule has 7 heteroatoms. The minimum Gasteiger partial charge on any atom is -0.309 e. The minimum absolute atomic E-state index is 0.904. The molecular weight excluding hydrogens is 645 g/mol. The average Bonchev–Trinajstić information content (AvgIpc) is 3.90. The van der Waals surface area contributed by atoms with Crippen molar-refractivity contribution in [2.24, 2.45) is 0 Å². The second-order valence-corrected chi connectivity index (χ2v) is 14.1. The molecule has 6 nitrogen and oxygen atoms in total. The summed E-state index contributed by atoms with van der Waals surface area (Å²) in [7, 11) is 0. The highest BCUT2D eigenvalue weighted by Gasteiger charge is 2.19. The molecule has 0 aliphatic carbocycles. The first-order chi connectivity index (χ1) is 25.3. The van der Waals surface area contributed by atoms with Crippen LogP contribution in [0.15, 0.2) is 158 Å². The number of hydrogen-bond acceptors (Lipinski definition) is 3. The van der Waals surface area contributed by atoms with Crippen LogP contribution in [-0.2, 0) is 0 Å². The molecule has 0 unspecified atom stereocenters. The van der Waals surface area contributed by atoms with E-state index in [0.717, 1.165) is 59.9 Å². The summed E-state index contributed by atoms with van der Waals surface area (Å²) in [5.74, 6) is 0. The van der Waals surface area contributed by atoms with Gasteiger partial charge in [-0.2, -0.15) is 0 Å². The molecule has 0 radical (unpaired) electrons. The first-order valence-electron chi connectivity index (χ1n) is 17.1. The van der Waals surface area contributed by atoms with Crippen molar-refractivity contribution < 1.29 is 0 Å². The largest absolute Gasteiger partial charge is 0.309 e. The van der Waals surface area contributed by atoms with Crippen LogP contribution in [0.4, 0.5) is 0 Å². The van der Waals surface area contributed by atoms with E-state index in [1.54, 1.807) is 11.3 Å². The van der Waals surface area contributed by atoms with Crippen LogP contribution in [0, 0.1) is 0 Å². The molecule has 0 atom stereocenters. The van der Waals surface area contributed by atoms with E-state index in [0.29, 0.717) is 0 Å². The van der Waals surface area contributed by atoms with Crippen molar-refractivity contribution in [2.75, 3.05) is 0 Å². The summed E-state index contributed by atoms with van der Waals surface area (Å²) in [5.41, 5.74) is 13.2. The van der Waals surface area contributed by atoms with Gasteiger partial charge in [0.2, 0.25) is 0 Å². The third-order valence-electron chi connectivity index (χ3n) is 10.4. The van der Waals surface area contributed by atoms with Crippen molar-refractivity contribution in [3.8, 4) is 11.4 Å². The van der Waals surface area contributed by atoms with E-state index in [9.17, 15) is 0 Å². The molecule has 12 aromatic rings. The molecule has 0 aliphatic rings. The minimum atomic E-state index is 0.904. The summed E-state index contributed by atoms with van der Waals surface area (Å²) in [6.07, 6.45) is 0. The fraction of sp³-hybridized carbons (Fsp3) is 0. The maximum atomic E-state index is 5.11. The smallest absolute Gasteiger partial charge is 0.198 e. The summed E-state index contributed by atoms with van der Waals surface area (Å²) in [5, 5.41) is 4.96. The lowest BCUT2D eigenvalue weighted by Gasteiger charge is -2.11. The van der Waals surface area contributed by atoms with Gasteiger partial charge in [-0.25, -0.2) is 9.97 Å². The Balaban J connectivity index is 1.18. The van der Waals surface area contributed by atoms with Gasteiger partial charge < -0.3 is 9.13 Å². The lowest BCUT2D eigenvalue weighted by atomic mass is 10.1. The number of rotatable bonds is 2. The van der Waals surface area contributed by atoms with Crippen LogP contribution in [0.3, 0.4) is 0 Å². The number of benzene rings is 7. The van der Waals surface area contributed by atoms with Gasteiger partial charge in [-0.05, 0) is 78.9 Å². The Morgan fingerprint density at radius 1 is 0.333 bits per heavy atom. The zero-order chi connectivity index (χ0) is 33.2. The zero-order valence-corrected chi connectivity index (χ0v) is 27.9. The number of aromatic nitrogens is 6. The van der Waals surface area contributed by atoms with Gasteiger partial charge >= 0.3 is 0 Å². The number of fused-ring (bicyclic) bond motifs is 15. The summed E-state index contributed by atoms with van der Waals surface area (Å²) in [4.78, 5) is 12.0. The van der Waals surface area contributed by atoms with E-state index in [2.05, 4.69) is 170 Å². The van der Waals surface area contributed by atoms with Gasteiger partial charge in [-0.1, -0.05) is 90.2 Å². The topological polar surface area (TPSA) is 44.5 Å². The number of para-hydroxylation sites is 7. The van der Waals surface area contributed by atoms with E-state index in [1.165, 1.54) is 38.1 Å². The van der Waals surface area contributed by atoms with Crippen molar-refractivity contribution in [2.45, 2.75) is 0 Å². The van der Waals surface area contributed by atoms with Gasteiger partial charge in [0.05, 0.1) is 55.2 Å². The van der Waals surface area contributed by atoms with E-state index >= 15 is 0 Å². The Hall–Kier alpha value is -6.70. The highest BCUT2D eigenvalue weighted by Crippen LogP contribution is 2.38. The fourth-order valence-corrected chi connectivity index (χ4v) is 9.32. The van der Waals surface area contributed by atoms with E-state index in [1.807, 2.05) is 6.07 Å². The second-order valence-electron chi connectivity index (χ2n) is 13.1. The SMILES string of the molecule is c1ccc2c(c1)nc1sc3nc4ccccc4n3c3cc(-n4c5ccccc5c5cc(-n6c7ccccc7c7ccccc76)ccc54)ccc3n12. The Morgan fingerprint density at radius 2 is 0.745 bits per heavy atom. The van der Waals surface area contributed by atoms with Gasteiger partial charge in [-0.3, -0.25) is 8.80 Å². The first kappa shape index (κ1) is 27.2. The molecule has 7 aromatic carbocycles. The molecule has 51 heavy (non-hydrogen) atoms. The monoisotopic (exact) mass is 670 g/mol. The van der Waals surface area contributed by atoms with E-state index < -0.39 is 0 Å². The summed E-state index contributed by atoms with van der Waals surface area (Å²) in [6, 6.07) is 56.6. The van der Waals surface area contributed by atoms with Crippen LogP contribution >= 0.6 is 11.3 Å². The standard InChI is InChI=1S/C44H26N6S/c1-6-16-35-29(11-1)30-12-2-7-17-36(30)47(35)27-21-23-38-32(25-27)31-13-3-8-18-37(31)48(38)28-22-24-41-42(26-28)50-40-20-10-5-15-34(40)46-44(50)51-43-45-33-14-4-9-19-39(33)49(41)43/h1-26H. The molecule has 0 N–H and O–H groups in total. The fourth-order valence-electron chi connectivity index (χ4n) is 8.29. The lowest BCUT2D eigenvalue weighted by Crippen LogP contribution is -1.97. The zero-order valence-electron chi connectivity index (χ0n) is 27.1. The van der Waals surface area contributed by atoms with Crippen molar-refractivity contribution in [3.63, 3.8) is 0 Å². The predicted molar refractivity (Wildman–Crippen MR) is 212 cm³/mol. The maximum absolute atomic E-state index is 5.11.